The Morgan fingerprint density at radius 1 is 1.58 bits per heavy atom. The number of nitrogens with zero attached hydrogens (tertiary/aromatic N) is 1. The quantitative estimate of drug-likeness (QED) is 0.373. The van der Waals surface area contributed by atoms with Gasteiger partial charge in [0.15, 0.2) is 11.9 Å². The molecule has 0 fully saturated rings. The lowest BCUT2D eigenvalue weighted by Gasteiger charge is -2.02. The first-order chi connectivity index (χ1) is 5.74. The third-order valence-corrected chi connectivity index (χ3v) is 1.49. The molecule has 64 valence electrons. The minimum Gasteiger partial charge on any atom is -0.618 e. The van der Waals surface area contributed by atoms with Crippen LogP contribution in [0.25, 0.3) is 0 Å². The van der Waals surface area contributed by atoms with Crippen molar-refractivity contribution < 1.29 is 9.84 Å². The van der Waals surface area contributed by atoms with E-state index in [4.69, 9.17) is 10.5 Å². The van der Waals surface area contributed by atoms with Crippen LogP contribution in [0.1, 0.15) is 5.69 Å². The monoisotopic (exact) mass is 166 g/mol. The maximum Gasteiger partial charge on any atom is 0.198 e. The van der Waals surface area contributed by atoms with Crippen molar-refractivity contribution in [3.63, 3.8) is 0 Å². The molecule has 0 bridgehead atoms. The lowest BCUT2D eigenvalue weighted by Crippen LogP contribution is -2.32. The third-order valence-electron chi connectivity index (χ3n) is 1.49. The molecule has 0 amide bonds. The second-order valence-corrected chi connectivity index (χ2v) is 2.46. The van der Waals surface area contributed by atoms with Gasteiger partial charge in [0.25, 0.3) is 0 Å². The first-order valence-corrected chi connectivity index (χ1v) is 3.58. The molecule has 1 rings (SSSR count). The summed E-state index contributed by atoms with van der Waals surface area (Å²) in [6.07, 6.45) is 1.58. The number of aliphatic hydroxyl groups excluding tert-OH is 1. The Kier molecular flexibility index (Phi) is 2.76. The number of nitrogens with one attached hydrogen (secondary N) is 1. The predicted octanol–water partition coefficient (Wildman–Crippen LogP) is -0.125. The van der Waals surface area contributed by atoms with Crippen molar-refractivity contribution in [3.8, 4) is 0 Å². The van der Waals surface area contributed by atoms with Gasteiger partial charge >= 0.3 is 0 Å². The third kappa shape index (κ3) is 2.03. The van der Waals surface area contributed by atoms with Gasteiger partial charge in [-0.05, 0) is 6.07 Å². The highest BCUT2D eigenvalue weighted by Gasteiger charge is 2.05. The molecule has 0 aliphatic carbocycles. The molecular weight excluding hydrogens is 156 g/mol. The number of pyridine rings is 1. The van der Waals surface area contributed by atoms with Gasteiger partial charge < -0.3 is 15.7 Å². The average Bonchev–Trinajstić information content (AvgIpc) is 2.09. The molecule has 0 saturated heterocycles. The second-order valence-electron chi connectivity index (χ2n) is 2.46. The molecule has 0 aliphatic heterocycles. The second kappa shape index (κ2) is 3.82. The summed E-state index contributed by atoms with van der Waals surface area (Å²) in [5.74, 6) is 0. The van der Waals surface area contributed by atoms with Crippen LogP contribution in [0.5, 0.6) is 0 Å². The first kappa shape index (κ1) is 8.67. The molecule has 0 aliphatic rings. The highest BCUT2D eigenvalue weighted by molar-refractivity contribution is 5.83. The Balaban J connectivity index is 2.75. The van der Waals surface area contributed by atoms with E-state index in [0.29, 0.717) is 10.4 Å². The summed E-state index contributed by atoms with van der Waals surface area (Å²) >= 11 is 0. The van der Waals surface area contributed by atoms with E-state index < -0.39 is 0 Å². The Bertz CT molecular complexity index is 286. The number of rotatable bonds is 3. The average molecular weight is 166 g/mol. The normalized spacial score (nSPS) is 9.75. The van der Waals surface area contributed by atoms with Crippen LogP contribution in [-0.4, -0.2) is 17.4 Å². The van der Waals surface area contributed by atoms with E-state index in [0.717, 1.165) is 0 Å². The molecule has 12 heavy (non-hydrogen) atoms. The van der Waals surface area contributed by atoms with Crippen molar-refractivity contribution in [2.24, 2.45) is 0 Å². The largest absolute Gasteiger partial charge is 0.618 e. The van der Waals surface area contributed by atoms with Crippen LogP contribution in [-0.2, 0) is 6.42 Å². The molecule has 0 aromatic carbocycles. The van der Waals surface area contributed by atoms with E-state index >= 15 is 0 Å². The highest BCUT2D eigenvalue weighted by atomic mass is 16.5. The minimum absolute atomic E-state index is 0.144. The first-order valence-electron chi connectivity index (χ1n) is 3.58. The van der Waals surface area contributed by atoms with Crippen LogP contribution >= 0.6 is 0 Å². The predicted molar refractivity (Wildman–Crippen MR) is 43.9 cm³/mol. The summed E-state index contributed by atoms with van der Waals surface area (Å²) in [4.78, 5) is 0. The van der Waals surface area contributed by atoms with E-state index in [1.165, 1.54) is 6.20 Å². The summed E-state index contributed by atoms with van der Waals surface area (Å²) in [7, 11) is 0. The molecule has 0 unspecified atom stereocenters. The lowest BCUT2D eigenvalue weighted by molar-refractivity contribution is -0.613. The van der Waals surface area contributed by atoms with Crippen molar-refractivity contribution in [2.75, 3.05) is 6.61 Å². The summed E-state index contributed by atoms with van der Waals surface area (Å²) < 4.78 is 0.699. The zero-order valence-corrected chi connectivity index (χ0v) is 6.53. The summed E-state index contributed by atoms with van der Waals surface area (Å²) in [5.41, 5.74) is 0.627. The van der Waals surface area contributed by atoms with Gasteiger partial charge in [-0.25, -0.2) is 0 Å². The molecule has 4 heteroatoms. The van der Waals surface area contributed by atoms with E-state index in [-0.39, 0.29) is 18.7 Å². The smallest absolute Gasteiger partial charge is 0.198 e. The molecular formula is C8H10N2O2. The fourth-order valence-electron chi connectivity index (χ4n) is 0.875. The SMILES string of the molecule is N=C(CO)Cc1cccc[n+]1[O-]. The van der Waals surface area contributed by atoms with Gasteiger partial charge in [0, 0.05) is 17.8 Å². The number of aliphatic hydroxyl groups is 1. The van der Waals surface area contributed by atoms with E-state index in [9.17, 15) is 5.21 Å². The molecule has 1 heterocycles. The summed E-state index contributed by atoms with van der Waals surface area (Å²) in [6, 6.07) is 4.99. The van der Waals surface area contributed by atoms with Crippen molar-refractivity contribution in [1.82, 2.24) is 0 Å². The summed E-state index contributed by atoms with van der Waals surface area (Å²) in [5, 5.41) is 26.7. The van der Waals surface area contributed by atoms with Gasteiger partial charge in [0.05, 0.1) is 13.0 Å². The van der Waals surface area contributed by atoms with Crippen LogP contribution < -0.4 is 4.73 Å². The Morgan fingerprint density at radius 3 is 2.92 bits per heavy atom. The van der Waals surface area contributed by atoms with E-state index in [2.05, 4.69) is 0 Å². The topological polar surface area (TPSA) is 71.0 Å². The molecule has 0 saturated carbocycles. The highest BCUT2D eigenvalue weighted by Crippen LogP contribution is 1.93. The molecule has 0 radical (unpaired) electrons. The summed E-state index contributed by atoms with van der Waals surface area (Å²) in [6.45, 7) is -0.297. The fraction of sp³-hybridized carbons (Fsp3) is 0.250. The van der Waals surface area contributed by atoms with Gasteiger partial charge in [-0.1, -0.05) is 0 Å². The van der Waals surface area contributed by atoms with Crippen LogP contribution in [0, 0.1) is 10.6 Å². The van der Waals surface area contributed by atoms with Gasteiger partial charge in [-0.2, -0.15) is 4.73 Å². The van der Waals surface area contributed by atoms with Crippen LogP contribution in [0.2, 0.25) is 0 Å². The van der Waals surface area contributed by atoms with Gasteiger partial charge in [-0.3, -0.25) is 0 Å². The molecule has 4 nitrogen and oxygen atoms in total. The van der Waals surface area contributed by atoms with Gasteiger partial charge in [-0.15, -0.1) is 0 Å². The van der Waals surface area contributed by atoms with Gasteiger partial charge in [0.1, 0.15) is 0 Å². The molecule has 0 spiro atoms. The Hall–Kier alpha value is -1.42. The van der Waals surface area contributed by atoms with E-state index in [1.807, 2.05) is 0 Å². The number of aromatic nitrogens is 1. The van der Waals surface area contributed by atoms with E-state index in [1.54, 1.807) is 18.2 Å². The maximum absolute atomic E-state index is 11.0. The molecule has 2 N–H and O–H groups in total. The van der Waals surface area contributed by atoms with Crippen molar-refractivity contribution in [1.29, 1.82) is 5.41 Å². The number of hydrogen-bond donors (Lipinski definition) is 2. The Labute approximate surface area is 70.2 Å². The molecule has 1 aromatic heterocycles. The fourth-order valence-corrected chi connectivity index (χ4v) is 0.875. The standard InChI is InChI=1S/C8H10N2O2/c9-7(6-11)5-8-3-1-2-4-10(8)12/h1-4,9,11H,5-6H2. The van der Waals surface area contributed by atoms with Crippen LogP contribution in [0.15, 0.2) is 24.4 Å². The molecule has 1 aromatic rings. The zero-order chi connectivity index (χ0) is 8.97. The van der Waals surface area contributed by atoms with Gasteiger partial charge in [0.2, 0.25) is 0 Å². The van der Waals surface area contributed by atoms with Crippen LogP contribution in [0.3, 0.4) is 0 Å². The lowest BCUT2D eigenvalue weighted by atomic mass is 10.2. The molecule has 0 atom stereocenters. The Morgan fingerprint density at radius 2 is 2.33 bits per heavy atom. The van der Waals surface area contributed by atoms with Crippen LogP contribution in [0.4, 0.5) is 0 Å². The maximum atomic E-state index is 11.0. The zero-order valence-electron chi connectivity index (χ0n) is 6.53. The van der Waals surface area contributed by atoms with Crippen molar-refractivity contribution in [2.45, 2.75) is 6.42 Å². The van der Waals surface area contributed by atoms with Crippen molar-refractivity contribution in [3.05, 3.63) is 35.3 Å². The number of hydrogen-bond acceptors (Lipinski definition) is 3. The van der Waals surface area contributed by atoms with Crippen molar-refractivity contribution >= 4 is 5.71 Å². The minimum atomic E-state index is -0.297.